The molecule has 1 N–H and O–H groups in total. The summed E-state index contributed by atoms with van der Waals surface area (Å²) in [5, 5.41) is 12.2. The molecule has 0 aromatic carbocycles. The van der Waals surface area contributed by atoms with Crippen LogP contribution in [0.4, 0.5) is 5.82 Å². The van der Waals surface area contributed by atoms with Gasteiger partial charge in [0, 0.05) is 13.6 Å². The van der Waals surface area contributed by atoms with E-state index in [1.54, 1.807) is 10.9 Å². The highest BCUT2D eigenvalue weighted by Crippen LogP contribution is 2.20. The van der Waals surface area contributed by atoms with E-state index in [1.165, 1.54) is 0 Å². The third-order valence-electron chi connectivity index (χ3n) is 2.45. The standard InChI is InChI=1S/C12H16N6/c1-12(2,3)6-14-10-9-11(18(4)7-15-9)17-8(5-13)16-10/h7H,6H2,1-4H3,(H,14,16,17). The molecule has 0 aliphatic carbocycles. The van der Waals surface area contributed by atoms with Gasteiger partial charge in [0.05, 0.1) is 6.33 Å². The number of aryl methyl sites for hydroxylation is 1. The van der Waals surface area contributed by atoms with Crippen LogP contribution in [0.1, 0.15) is 26.6 Å². The molecule has 0 unspecified atom stereocenters. The topological polar surface area (TPSA) is 79.4 Å². The number of anilines is 1. The van der Waals surface area contributed by atoms with E-state index in [9.17, 15) is 0 Å². The van der Waals surface area contributed by atoms with Gasteiger partial charge in [0.15, 0.2) is 17.0 Å². The van der Waals surface area contributed by atoms with Crippen LogP contribution >= 0.6 is 0 Å². The van der Waals surface area contributed by atoms with Gasteiger partial charge in [-0.1, -0.05) is 20.8 Å². The van der Waals surface area contributed by atoms with E-state index in [2.05, 4.69) is 41.0 Å². The first-order valence-corrected chi connectivity index (χ1v) is 5.74. The highest BCUT2D eigenvalue weighted by atomic mass is 15.1. The van der Waals surface area contributed by atoms with Crippen LogP contribution in [0, 0.1) is 16.7 Å². The highest BCUT2D eigenvalue weighted by Gasteiger charge is 2.15. The van der Waals surface area contributed by atoms with Gasteiger partial charge in [-0.15, -0.1) is 0 Å². The van der Waals surface area contributed by atoms with Crippen LogP contribution in [0.2, 0.25) is 0 Å². The number of hydrogen-bond donors (Lipinski definition) is 1. The van der Waals surface area contributed by atoms with Crippen molar-refractivity contribution >= 4 is 17.0 Å². The van der Waals surface area contributed by atoms with Crippen molar-refractivity contribution in [2.75, 3.05) is 11.9 Å². The summed E-state index contributed by atoms with van der Waals surface area (Å²) >= 11 is 0. The summed E-state index contributed by atoms with van der Waals surface area (Å²) < 4.78 is 1.78. The van der Waals surface area contributed by atoms with E-state index in [0.29, 0.717) is 17.0 Å². The Bertz CT molecular complexity index is 614. The number of hydrogen-bond acceptors (Lipinski definition) is 5. The molecule has 94 valence electrons. The minimum atomic E-state index is 0.124. The van der Waals surface area contributed by atoms with E-state index >= 15 is 0 Å². The fourth-order valence-electron chi connectivity index (χ4n) is 1.53. The Morgan fingerprint density at radius 2 is 2.11 bits per heavy atom. The SMILES string of the molecule is Cn1cnc2c(NCC(C)(C)C)nc(C#N)nc21. The Morgan fingerprint density at radius 3 is 2.72 bits per heavy atom. The van der Waals surface area contributed by atoms with E-state index in [0.717, 1.165) is 6.54 Å². The number of rotatable bonds is 2. The number of nitrogens with zero attached hydrogens (tertiary/aromatic N) is 5. The monoisotopic (exact) mass is 244 g/mol. The lowest BCUT2D eigenvalue weighted by molar-refractivity contribution is 0.442. The predicted molar refractivity (Wildman–Crippen MR) is 69.0 cm³/mol. The van der Waals surface area contributed by atoms with Crippen LogP contribution in [0.5, 0.6) is 0 Å². The van der Waals surface area contributed by atoms with E-state index in [-0.39, 0.29) is 11.2 Å². The smallest absolute Gasteiger partial charge is 0.236 e. The Morgan fingerprint density at radius 1 is 1.39 bits per heavy atom. The fourth-order valence-corrected chi connectivity index (χ4v) is 1.53. The average molecular weight is 244 g/mol. The first kappa shape index (κ1) is 12.3. The zero-order chi connectivity index (χ0) is 13.3. The molecule has 0 bridgehead atoms. The summed E-state index contributed by atoms with van der Waals surface area (Å²) in [5.41, 5.74) is 1.48. The molecule has 0 saturated heterocycles. The van der Waals surface area contributed by atoms with Crippen LogP contribution < -0.4 is 5.32 Å². The number of nitriles is 1. The zero-order valence-corrected chi connectivity index (χ0v) is 11.0. The predicted octanol–water partition coefficient (Wildman–Crippen LogP) is 1.69. The molecule has 0 aliphatic rings. The molecular weight excluding hydrogens is 228 g/mol. The number of nitrogens with one attached hydrogen (secondary N) is 1. The van der Waals surface area contributed by atoms with Gasteiger partial charge in [-0.2, -0.15) is 15.2 Å². The molecule has 2 heterocycles. The van der Waals surface area contributed by atoms with Gasteiger partial charge in [-0.25, -0.2) is 4.98 Å². The zero-order valence-electron chi connectivity index (χ0n) is 11.0. The van der Waals surface area contributed by atoms with Crippen LogP contribution in [0.15, 0.2) is 6.33 Å². The third-order valence-corrected chi connectivity index (χ3v) is 2.45. The molecule has 2 aromatic heterocycles. The minimum absolute atomic E-state index is 0.124. The molecule has 0 fully saturated rings. The lowest BCUT2D eigenvalue weighted by Gasteiger charge is -2.19. The van der Waals surface area contributed by atoms with Gasteiger partial charge in [0.2, 0.25) is 5.82 Å². The number of aromatic nitrogens is 4. The molecule has 0 spiro atoms. The molecule has 0 radical (unpaired) electrons. The van der Waals surface area contributed by atoms with Crippen molar-refractivity contribution in [3.05, 3.63) is 12.2 Å². The van der Waals surface area contributed by atoms with Crippen molar-refractivity contribution in [2.45, 2.75) is 20.8 Å². The largest absolute Gasteiger partial charge is 0.368 e. The van der Waals surface area contributed by atoms with Crippen LogP contribution in [-0.4, -0.2) is 26.1 Å². The van der Waals surface area contributed by atoms with Crippen LogP contribution in [-0.2, 0) is 7.05 Å². The lowest BCUT2D eigenvalue weighted by Crippen LogP contribution is -2.20. The molecule has 0 saturated carbocycles. The lowest BCUT2D eigenvalue weighted by atomic mass is 9.97. The molecule has 0 aliphatic heterocycles. The van der Waals surface area contributed by atoms with Crippen molar-refractivity contribution in [3.63, 3.8) is 0 Å². The molecule has 2 aromatic rings. The van der Waals surface area contributed by atoms with Crippen LogP contribution in [0.25, 0.3) is 11.2 Å². The summed E-state index contributed by atoms with van der Waals surface area (Å²) in [6.45, 7) is 7.13. The van der Waals surface area contributed by atoms with E-state index in [4.69, 9.17) is 5.26 Å². The molecule has 0 atom stereocenters. The van der Waals surface area contributed by atoms with Crippen molar-refractivity contribution < 1.29 is 0 Å². The Labute approximate surface area is 106 Å². The molecule has 6 heteroatoms. The van der Waals surface area contributed by atoms with Gasteiger partial charge >= 0.3 is 0 Å². The van der Waals surface area contributed by atoms with Crippen molar-refractivity contribution in [1.29, 1.82) is 5.26 Å². The fraction of sp³-hybridized carbons (Fsp3) is 0.500. The second-order valence-corrected chi connectivity index (χ2v) is 5.45. The maximum atomic E-state index is 8.95. The number of imidazole rings is 1. The van der Waals surface area contributed by atoms with E-state index < -0.39 is 0 Å². The Kier molecular flexibility index (Phi) is 2.91. The molecule has 6 nitrogen and oxygen atoms in total. The summed E-state index contributed by atoms with van der Waals surface area (Å²) in [6.07, 6.45) is 1.67. The van der Waals surface area contributed by atoms with Crippen LogP contribution in [0.3, 0.4) is 0 Å². The van der Waals surface area contributed by atoms with Gasteiger partial charge in [-0.05, 0) is 5.41 Å². The molecule has 0 amide bonds. The van der Waals surface area contributed by atoms with Crippen molar-refractivity contribution in [2.24, 2.45) is 12.5 Å². The first-order chi connectivity index (χ1) is 8.40. The quantitative estimate of drug-likeness (QED) is 0.869. The minimum Gasteiger partial charge on any atom is -0.368 e. The summed E-state index contributed by atoms with van der Waals surface area (Å²) in [4.78, 5) is 12.6. The first-order valence-electron chi connectivity index (χ1n) is 5.74. The Hall–Kier alpha value is -2.16. The maximum absolute atomic E-state index is 8.95. The average Bonchev–Trinajstić information content (AvgIpc) is 2.67. The number of fused-ring (bicyclic) bond motifs is 1. The summed E-state index contributed by atoms with van der Waals surface area (Å²) in [7, 11) is 1.84. The van der Waals surface area contributed by atoms with Gasteiger partial charge in [-0.3, -0.25) is 0 Å². The Balaban J connectivity index is 2.45. The summed E-state index contributed by atoms with van der Waals surface area (Å²) in [5.74, 6) is 0.773. The molecular formula is C12H16N6. The second-order valence-electron chi connectivity index (χ2n) is 5.45. The van der Waals surface area contributed by atoms with E-state index in [1.807, 2.05) is 13.1 Å². The normalized spacial score (nSPS) is 11.5. The van der Waals surface area contributed by atoms with Crippen molar-refractivity contribution in [1.82, 2.24) is 19.5 Å². The highest BCUT2D eigenvalue weighted by molar-refractivity contribution is 5.83. The van der Waals surface area contributed by atoms with Gasteiger partial charge in [0.25, 0.3) is 0 Å². The third kappa shape index (κ3) is 2.40. The second kappa shape index (κ2) is 4.26. The van der Waals surface area contributed by atoms with Gasteiger partial charge < -0.3 is 9.88 Å². The maximum Gasteiger partial charge on any atom is 0.236 e. The van der Waals surface area contributed by atoms with Crippen molar-refractivity contribution in [3.8, 4) is 6.07 Å². The van der Waals surface area contributed by atoms with Gasteiger partial charge in [0.1, 0.15) is 6.07 Å². The molecule has 2 rings (SSSR count). The molecule has 18 heavy (non-hydrogen) atoms. The summed E-state index contributed by atoms with van der Waals surface area (Å²) in [6, 6.07) is 1.97.